The molecule has 0 bridgehead atoms. The molecule has 0 fully saturated rings. The number of amides is 1. The van der Waals surface area contributed by atoms with Crippen LogP contribution in [0.5, 0.6) is 11.5 Å². The number of hydrogen-bond donors (Lipinski definition) is 2. The second-order valence-corrected chi connectivity index (χ2v) is 5.63. The minimum Gasteiger partial charge on any atom is -0.490 e. The standard InChI is InChI=1S/C18H22N2O3S/c1-3-10-22-15-8-7-13(12-16(15)23-11-4-2)20-17(21)14-6-5-9-19-18(14)24/h5-9,12H,3-4,10-11H2,1-2H3,(H,19,24)(H,20,21). The maximum absolute atomic E-state index is 12.3. The fraction of sp³-hybridized carbons (Fsp3) is 0.333. The Kier molecular flexibility index (Phi) is 6.81. The molecule has 128 valence electrons. The number of aromatic nitrogens is 1. The lowest BCUT2D eigenvalue weighted by molar-refractivity contribution is 0.102. The predicted molar refractivity (Wildman–Crippen MR) is 97.6 cm³/mol. The van der Waals surface area contributed by atoms with Crippen LogP contribution in [0.4, 0.5) is 5.69 Å². The fourth-order valence-electron chi connectivity index (χ4n) is 2.04. The SMILES string of the molecule is CCCOc1ccc(NC(=O)c2ccc[nH]c2=S)cc1OCCC. The highest BCUT2D eigenvalue weighted by atomic mass is 32.1. The van der Waals surface area contributed by atoms with Crippen molar-refractivity contribution in [2.75, 3.05) is 18.5 Å². The maximum Gasteiger partial charge on any atom is 0.258 e. The Balaban J connectivity index is 2.19. The molecular weight excluding hydrogens is 324 g/mol. The third-order valence-corrected chi connectivity index (χ3v) is 3.53. The molecule has 24 heavy (non-hydrogen) atoms. The summed E-state index contributed by atoms with van der Waals surface area (Å²) < 4.78 is 11.8. The maximum atomic E-state index is 12.3. The Morgan fingerprint density at radius 3 is 2.50 bits per heavy atom. The summed E-state index contributed by atoms with van der Waals surface area (Å²) in [4.78, 5) is 15.2. The van der Waals surface area contributed by atoms with Gasteiger partial charge in [0.1, 0.15) is 4.64 Å². The van der Waals surface area contributed by atoms with Crippen molar-refractivity contribution in [1.82, 2.24) is 4.98 Å². The zero-order chi connectivity index (χ0) is 17.4. The normalized spacial score (nSPS) is 10.2. The third-order valence-electron chi connectivity index (χ3n) is 3.19. The van der Waals surface area contributed by atoms with E-state index >= 15 is 0 Å². The fourth-order valence-corrected chi connectivity index (χ4v) is 2.27. The number of carbonyl (C=O) groups excluding carboxylic acids is 1. The molecule has 6 heteroatoms. The van der Waals surface area contributed by atoms with Gasteiger partial charge in [0.15, 0.2) is 11.5 Å². The van der Waals surface area contributed by atoms with E-state index in [0.717, 1.165) is 12.8 Å². The van der Waals surface area contributed by atoms with E-state index in [9.17, 15) is 4.79 Å². The van der Waals surface area contributed by atoms with Crippen molar-refractivity contribution in [3.05, 3.63) is 46.7 Å². The molecule has 0 atom stereocenters. The summed E-state index contributed by atoms with van der Waals surface area (Å²) in [7, 11) is 0. The van der Waals surface area contributed by atoms with Gasteiger partial charge in [0.2, 0.25) is 0 Å². The van der Waals surface area contributed by atoms with Crippen LogP contribution in [0.1, 0.15) is 37.0 Å². The number of carbonyl (C=O) groups is 1. The second kappa shape index (κ2) is 9.08. The average molecular weight is 346 g/mol. The van der Waals surface area contributed by atoms with Crippen molar-refractivity contribution < 1.29 is 14.3 Å². The van der Waals surface area contributed by atoms with Crippen molar-refractivity contribution in [1.29, 1.82) is 0 Å². The zero-order valence-electron chi connectivity index (χ0n) is 13.9. The number of pyridine rings is 1. The first-order valence-electron chi connectivity index (χ1n) is 8.04. The Bertz CT molecular complexity index is 743. The summed E-state index contributed by atoms with van der Waals surface area (Å²) in [6.45, 7) is 5.29. The lowest BCUT2D eigenvalue weighted by Gasteiger charge is -2.14. The van der Waals surface area contributed by atoms with Gasteiger partial charge in [0.25, 0.3) is 5.91 Å². The first kappa shape index (κ1) is 18.0. The van der Waals surface area contributed by atoms with E-state index in [1.165, 1.54) is 0 Å². The van der Waals surface area contributed by atoms with Gasteiger partial charge < -0.3 is 19.8 Å². The molecule has 0 saturated heterocycles. The molecule has 0 unspecified atom stereocenters. The smallest absolute Gasteiger partial charge is 0.258 e. The molecule has 1 heterocycles. The van der Waals surface area contributed by atoms with E-state index < -0.39 is 0 Å². The first-order chi connectivity index (χ1) is 11.7. The Labute approximate surface area is 147 Å². The summed E-state index contributed by atoms with van der Waals surface area (Å²) in [5.41, 5.74) is 1.06. The van der Waals surface area contributed by atoms with Gasteiger partial charge in [-0.1, -0.05) is 26.1 Å². The highest BCUT2D eigenvalue weighted by Crippen LogP contribution is 2.31. The summed E-state index contributed by atoms with van der Waals surface area (Å²) >= 11 is 5.14. The molecule has 0 radical (unpaired) electrons. The van der Waals surface area contributed by atoms with Crippen molar-refractivity contribution >= 4 is 23.8 Å². The molecule has 1 aromatic heterocycles. The average Bonchev–Trinajstić information content (AvgIpc) is 2.59. The quantitative estimate of drug-likeness (QED) is 0.687. The van der Waals surface area contributed by atoms with Gasteiger partial charge in [0.05, 0.1) is 18.8 Å². The van der Waals surface area contributed by atoms with Crippen molar-refractivity contribution in [2.24, 2.45) is 0 Å². The molecule has 0 aliphatic rings. The van der Waals surface area contributed by atoms with E-state index in [-0.39, 0.29) is 5.91 Å². The molecule has 2 aromatic rings. The number of nitrogens with one attached hydrogen (secondary N) is 2. The lowest BCUT2D eigenvalue weighted by atomic mass is 10.2. The molecule has 0 aliphatic carbocycles. The highest BCUT2D eigenvalue weighted by molar-refractivity contribution is 7.71. The topological polar surface area (TPSA) is 63.3 Å². The Morgan fingerprint density at radius 2 is 1.83 bits per heavy atom. The van der Waals surface area contributed by atoms with Crippen LogP contribution in [-0.4, -0.2) is 24.1 Å². The van der Waals surface area contributed by atoms with Gasteiger partial charge in [-0.25, -0.2) is 0 Å². The number of aromatic amines is 1. The van der Waals surface area contributed by atoms with Crippen LogP contribution in [0.2, 0.25) is 0 Å². The molecule has 2 N–H and O–H groups in total. The van der Waals surface area contributed by atoms with Crippen LogP contribution in [0.3, 0.4) is 0 Å². The van der Waals surface area contributed by atoms with E-state index in [2.05, 4.69) is 10.3 Å². The Morgan fingerprint density at radius 1 is 1.12 bits per heavy atom. The number of rotatable bonds is 8. The van der Waals surface area contributed by atoms with Gasteiger partial charge >= 0.3 is 0 Å². The molecule has 0 spiro atoms. The number of ether oxygens (including phenoxy) is 2. The van der Waals surface area contributed by atoms with E-state index in [1.54, 1.807) is 30.5 Å². The van der Waals surface area contributed by atoms with Crippen LogP contribution in [0.25, 0.3) is 0 Å². The molecule has 1 amide bonds. The molecular formula is C18H22N2O3S. The number of benzene rings is 1. The van der Waals surface area contributed by atoms with Crippen LogP contribution in [0.15, 0.2) is 36.5 Å². The third kappa shape index (κ3) is 4.83. The first-order valence-corrected chi connectivity index (χ1v) is 8.45. The second-order valence-electron chi connectivity index (χ2n) is 5.23. The van der Waals surface area contributed by atoms with Crippen LogP contribution >= 0.6 is 12.2 Å². The summed E-state index contributed by atoms with van der Waals surface area (Å²) in [5, 5.41) is 2.84. The van der Waals surface area contributed by atoms with Crippen LogP contribution in [-0.2, 0) is 0 Å². The molecule has 2 rings (SSSR count). The van der Waals surface area contributed by atoms with E-state index in [1.807, 2.05) is 19.9 Å². The van der Waals surface area contributed by atoms with Gasteiger partial charge in [0, 0.05) is 18.0 Å². The van der Waals surface area contributed by atoms with E-state index in [4.69, 9.17) is 21.7 Å². The minimum atomic E-state index is -0.263. The predicted octanol–water partition coefficient (Wildman–Crippen LogP) is 4.57. The van der Waals surface area contributed by atoms with Crippen LogP contribution < -0.4 is 14.8 Å². The number of hydrogen-bond acceptors (Lipinski definition) is 4. The zero-order valence-corrected chi connectivity index (χ0v) is 14.7. The lowest BCUT2D eigenvalue weighted by Crippen LogP contribution is -2.13. The molecule has 1 aromatic carbocycles. The summed E-state index contributed by atoms with van der Waals surface area (Å²) in [6, 6.07) is 8.79. The summed E-state index contributed by atoms with van der Waals surface area (Å²) in [5.74, 6) is 1.04. The van der Waals surface area contributed by atoms with Crippen molar-refractivity contribution in [3.63, 3.8) is 0 Å². The van der Waals surface area contributed by atoms with Gasteiger partial charge in [-0.2, -0.15) is 0 Å². The van der Waals surface area contributed by atoms with Crippen molar-refractivity contribution in [3.8, 4) is 11.5 Å². The Hall–Kier alpha value is -2.34. The van der Waals surface area contributed by atoms with E-state index in [0.29, 0.717) is 40.6 Å². The molecule has 0 saturated carbocycles. The van der Waals surface area contributed by atoms with Gasteiger partial charge in [-0.05, 0) is 37.1 Å². The summed E-state index contributed by atoms with van der Waals surface area (Å²) in [6.07, 6.45) is 3.50. The highest BCUT2D eigenvalue weighted by Gasteiger charge is 2.11. The molecule has 0 aliphatic heterocycles. The number of H-pyrrole nitrogens is 1. The monoisotopic (exact) mass is 346 g/mol. The number of anilines is 1. The van der Waals surface area contributed by atoms with Crippen molar-refractivity contribution in [2.45, 2.75) is 26.7 Å². The van der Waals surface area contributed by atoms with Gasteiger partial charge in [-0.3, -0.25) is 4.79 Å². The molecule has 5 nitrogen and oxygen atoms in total. The van der Waals surface area contributed by atoms with Crippen LogP contribution in [0, 0.1) is 4.64 Å². The minimum absolute atomic E-state index is 0.263. The largest absolute Gasteiger partial charge is 0.490 e. The van der Waals surface area contributed by atoms with Gasteiger partial charge in [-0.15, -0.1) is 0 Å².